The molecule has 21 heavy (non-hydrogen) atoms. The van der Waals surface area contributed by atoms with Crippen LogP contribution in [0.5, 0.6) is 0 Å². The van der Waals surface area contributed by atoms with Crippen molar-refractivity contribution in [1.82, 2.24) is 5.32 Å². The molecule has 8 heteroatoms. The zero-order valence-electron chi connectivity index (χ0n) is 10.6. The van der Waals surface area contributed by atoms with E-state index in [-0.39, 0.29) is 22.9 Å². The van der Waals surface area contributed by atoms with E-state index in [9.17, 15) is 14.0 Å². The number of nitrogens with one attached hydrogen (secondary N) is 1. The van der Waals surface area contributed by atoms with E-state index in [1.54, 1.807) is 0 Å². The number of fused-ring (bicyclic) bond motifs is 1. The van der Waals surface area contributed by atoms with Crippen LogP contribution in [0.3, 0.4) is 0 Å². The smallest absolute Gasteiger partial charge is 0.332 e. The highest BCUT2D eigenvalue weighted by molar-refractivity contribution is 7.21. The second-order valence-electron chi connectivity index (χ2n) is 4.28. The Bertz CT molecular complexity index is 703. The Labute approximate surface area is 128 Å². The first-order chi connectivity index (χ1) is 9.90. The predicted molar refractivity (Wildman–Crippen MR) is 77.4 cm³/mol. The van der Waals surface area contributed by atoms with Gasteiger partial charge in [0.15, 0.2) is 6.10 Å². The molecule has 0 spiro atoms. The maximum absolute atomic E-state index is 13.1. The van der Waals surface area contributed by atoms with Gasteiger partial charge in [0, 0.05) is 23.1 Å². The number of aliphatic hydroxyl groups excluding tert-OH is 1. The average molecular weight is 332 g/mol. The number of rotatable bonds is 5. The first kappa shape index (κ1) is 15.7. The number of benzene rings is 1. The second-order valence-corrected chi connectivity index (χ2v) is 5.71. The fourth-order valence-electron chi connectivity index (χ4n) is 1.71. The molecule has 0 aliphatic rings. The first-order valence-corrected chi connectivity index (χ1v) is 7.16. The molecule has 1 aromatic carbocycles. The van der Waals surface area contributed by atoms with Gasteiger partial charge >= 0.3 is 5.97 Å². The third-order valence-electron chi connectivity index (χ3n) is 2.79. The number of aliphatic carboxylic acids is 1. The monoisotopic (exact) mass is 331 g/mol. The van der Waals surface area contributed by atoms with E-state index in [0.29, 0.717) is 10.1 Å². The quantitative estimate of drug-likeness (QED) is 0.784. The Hall–Kier alpha value is -1.70. The SMILES string of the molecule is O=C(NCC[C@H](O)C(=O)O)c1sc2cc(F)ccc2c1Cl. The summed E-state index contributed by atoms with van der Waals surface area (Å²) in [5.41, 5.74) is 0. The maximum Gasteiger partial charge on any atom is 0.332 e. The standard InChI is InChI=1S/C13H11ClFNO4S/c14-10-7-2-1-6(15)5-9(7)21-11(10)12(18)16-4-3-8(17)13(19)20/h1-2,5,8,17H,3-4H2,(H,16,18)(H,19,20)/t8-/m0/s1. The molecule has 0 unspecified atom stereocenters. The lowest BCUT2D eigenvalue weighted by Crippen LogP contribution is -2.29. The number of aliphatic hydroxyl groups is 1. The number of thiophene rings is 1. The highest BCUT2D eigenvalue weighted by Gasteiger charge is 2.18. The zero-order chi connectivity index (χ0) is 15.6. The Morgan fingerprint density at radius 2 is 2.14 bits per heavy atom. The summed E-state index contributed by atoms with van der Waals surface area (Å²) in [6.45, 7) is -0.00870. The number of amides is 1. The number of carbonyl (C=O) groups is 2. The van der Waals surface area contributed by atoms with Gasteiger partial charge in [0.2, 0.25) is 0 Å². The van der Waals surface area contributed by atoms with E-state index in [0.717, 1.165) is 11.3 Å². The first-order valence-electron chi connectivity index (χ1n) is 5.96. The van der Waals surface area contributed by atoms with Crippen molar-refractivity contribution in [2.24, 2.45) is 0 Å². The molecule has 0 radical (unpaired) electrons. The highest BCUT2D eigenvalue weighted by Crippen LogP contribution is 2.35. The van der Waals surface area contributed by atoms with Crippen LogP contribution in [0.15, 0.2) is 18.2 Å². The van der Waals surface area contributed by atoms with Crippen molar-refractivity contribution in [3.05, 3.63) is 33.9 Å². The molecule has 1 amide bonds. The summed E-state index contributed by atoms with van der Waals surface area (Å²) in [5, 5.41) is 20.9. The number of hydrogen-bond acceptors (Lipinski definition) is 4. The van der Waals surface area contributed by atoms with Crippen molar-refractivity contribution in [3.63, 3.8) is 0 Å². The van der Waals surface area contributed by atoms with Crippen molar-refractivity contribution in [2.45, 2.75) is 12.5 Å². The lowest BCUT2D eigenvalue weighted by atomic mass is 10.2. The molecule has 0 saturated heterocycles. The third kappa shape index (κ3) is 3.49. The molecular formula is C13H11ClFNO4S. The van der Waals surface area contributed by atoms with Crippen LogP contribution in [0.2, 0.25) is 5.02 Å². The molecule has 112 valence electrons. The normalized spacial score (nSPS) is 12.3. The molecule has 2 rings (SSSR count). The van der Waals surface area contributed by atoms with Gasteiger partial charge in [0.25, 0.3) is 5.91 Å². The molecule has 5 nitrogen and oxygen atoms in total. The molecule has 0 aliphatic carbocycles. The zero-order valence-corrected chi connectivity index (χ0v) is 12.2. The van der Waals surface area contributed by atoms with Crippen molar-refractivity contribution in [3.8, 4) is 0 Å². The van der Waals surface area contributed by atoms with Crippen LogP contribution >= 0.6 is 22.9 Å². The summed E-state index contributed by atoms with van der Waals surface area (Å²) in [5.74, 6) is -2.25. The molecule has 0 fully saturated rings. The van der Waals surface area contributed by atoms with E-state index < -0.39 is 23.8 Å². The number of carboxylic acids is 1. The van der Waals surface area contributed by atoms with Crippen molar-refractivity contribution < 1.29 is 24.2 Å². The largest absolute Gasteiger partial charge is 0.479 e. The molecule has 0 aliphatic heterocycles. The number of carbonyl (C=O) groups excluding carboxylic acids is 1. The van der Waals surface area contributed by atoms with E-state index in [2.05, 4.69) is 5.32 Å². The van der Waals surface area contributed by atoms with E-state index in [1.165, 1.54) is 18.2 Å². The number of hydrogen-bond donors (Lipinski definition) is 3. The van der Waals surface area contributed by atoms with E-state index in [4.69, 9.17) is 21.8 Å². The van der Waals surface area contributed by atoms with Crippen molar-refractivity contribution >= 4 is 44.9 Å². The number of carboxylic acid groups (broad SMARTS) is 1. The highest BCUT2D eigenvalue weighted by atomic mass is 35.5. The van der Waals surface area contributed by atoms with Crippen LogP contribution in [0, 0.1) is 5.82 Å². The van der Waals surface area contributed by atoms with Crippen molar-refractivity contribution in [1.29, 1.82) is 0 Å². The van der Waals surface area contributed by atoms with Crippen LogP contribution in [0.4, 0.5) is 4.39 Å². The summed E-state index contributed by atoms with van der Waals surface area (Å²) < 4.78 is 13.7. The molecule has 1 atom stereocenters. The van der Waals surface area contributed by atoms with Gasteiger partial charge in [0.05, 0.1) is 5.02 Å². The van der Waals surface area contributed by atoms with Crippen LogP contribution in [0.25, 0.3) is 10.1 Å². The molecule has 0 bridgehead atoms. The van der Waals surface area contributed by atoms with Gasteiger partial charge in [-0.25, -0.2) is 9.18 Å². The Morgan fingerprint density at radius 1 is 1.43 bits per heavy atom. The molecule has 3 N–H and O–H groups in total. The van der Waals surface area contributed by atoms with Gasteiger partial charge in [0.1, 0.15) is 10.7 Å². The Morgan fingerprint density at radius 3 is 2.81 bits per heavy atom. The lowest BCUT2D eigenvalue weighted by molar-refractivity contribution is -0.146. The van der Waals surface area contributed by atoms with Crippen LogP contribution in [-0.2, 0) is 4.79 Å². The molecule has 1 aromatic heterocycles. The van der Waals surface area contributed by atoms with Crippen LogP contribution in [-0.4, -0.2) is 34.7 Å². The molecular weight excluding hydrogens is 321 g/mol. The topological polar surface area (TPSA) is 86.6 Å². The summed E-state index contributed by atoms with van der Waals surface area (Å²) in [6.07, 6.45) is -1.64. The number of halogens is 2. The van der Waals surface area contributed by atoms with Crippen LogP contribution < -0.4 is 5.32 Å². The van der Waals surface area contributed by atoms with Crippen LogP contribution in [0.1, 0.15) is 16.1 Å². The Kier molecular flexibility index (Phi) is 4.76. The molecule has 0 saturated carbocycles. The van der Waals surface area contributed by atoms with Gasteiger partial charge in [-0.15, -0.1) is 11.3 Å². The predicted octanol–water partition coefficient (Wildman–Crippen LogP) is 2.26. The van der Waals surface area contributed by atoms with E-state index >= 15 is 0 Å². The van der Waals surface area contributed by atoms with Gasteiger partial charge in [-0.2, -0.15) is 0 Å². The minimum atomic E-state index is -1.53. The Balaban J connectivity index is 2.09. The van der Waals surface area contributed by atoms with Gasteiger partial charge < -0.3 is 15.5 Å². The summed E-state index contributed by atoms with van der Waals surface area (Å²) in [4.78, 5) is 22.6. The second kappa shape index (κ2) is 6.38. The minimum Gasteiger partial charge on any atom is -0.479 e. The van der Waals surface area contributed by atoms with Gasteiger partial charge in [-0.05, 0) is 18.2 Å². The van der Waals surface area contributed by atoms with Crippen molar-refractivity contribution in [2.75, 3.05) is 6.54 Å². The third-order valence-corrected chi connectivity index (χ3v) is 4.44. The van der Waals surface area contributed by atoms with Gasteiger partial charge in [-0.3, -0.25) is 4.79 Å². The maximum atomic E-state index is 13.1. The van der Waals surface area contributed by atoms with Gasteiger partial charge in [-0.1, -0.05) is 11.6 Å². The summed E-state index contributed by atoms with van der Waals surface area (Å²) in [6, 6.07) is 4.04. The average Bonchev–Trinajstić information content (AvgIpc) is 2.75. The lowest BCUT2D eigenvalue weighted by Gasteiger charge is -2.06. The fraction of sp³-hybridized carbons (Fsp3) is 0.231. The summed E-state index contributed by atoms with van der Waals surface area (Å²) in [7, 11) is 0. The summed E-state index contributed by atoms with van der Waals surface area (Å²) >= 11 is 7.13. The minimum absolute atomic E-state index is 0.00870. The fourth-order valence-corrected chi connectivity index (χ4v) is 3.17. The van der Waals surface area contributed by atoms with E-state index in [1.807, 2.05) is 0 Å². The molecule has 2 aromatic rings. The molecule has 1 heterocycles.